The summed E-state index contributed by atoms with van der Waals surface area (Å²) >= 11 is 0. The van der Waals surface area contributed by atoms with Crippen molar-refractivity contribution in [1.29, 1.82) is 0 Å². The molecular weight excluding hydrogens is 490 g/mol. The highest BCUT2D eigenvalue weighted by Crippen LogP contribution is 2.26. The van der Waals surface area contributed by atoms with Gasteiger partial charge in [0.1, 0.15) is 5.69 Å². The molecule has 196 valence electrons. The van der Waals surface area contributed by atoms with Gasteiger partial charge in [-0.05, 0) is 63.7 Å². The van der Waals surface area contributed by atoms with Crippen LogP contribution in [0, 0.1) is 12.8 Å². The number of nitrogens with zero attached hydrogens (tertiary/aromatic N) is 2. The molecule has 0 bridgehead atoms. The molecule has 2 saturated heterocycles. The van der Waals surface area contributed by atoms with Crippen molar-refractivity contribution in [3.63, 3.8) is 0 Å². The quantitative estimate of drug-likeness (QED) is 0.458. The number of benzene rings is 2. The minimum absolute atomic E-state index is 0.000622. The molecule has 0 spiro atoms. The number of amides is 2. The van der Waals surface area contributed by atoms with Crippen LogP contribution in [0.3, 0.4) is 0 Å². The van der Waals surface area contributed by atoms with Crippen LogP contribution in [0.4, 0.5) is 0 Å². The molecule has 37 heavy (non-hydrogen) atoms. The molecule has 1 aromatic heterocycles. The van der Waals surface area contributed by atoms with Crippen LogP contribution in [-0.4, -0.2) is 79.7 Å². The molecule has 2 fully saturated rings. The first-order valence-electron chi connectivity index (χ1n) is 12.6. The third kappa shape index (κ3) is 5.41. The molecule has 3 heterocycles. The maximum absolute atomic E-state index is 13.4. The lowest BCUT2D eigenvalue weighted by molar-refractivity contribution is -0.126. The Labute approximate surface area is 217 Å². The zero-order chi connectivity index (χ0) is 26.2. The van der Waals surface area contributed by atoms with E-state index in [-0.39, 0.29) is 35.8 Å². The minimum Gasteiger partial charge on any atom is -0.352 e. The van der Waals surface area contributed by atoms with Gasteiger partial charge in [-0.15, -0.1) is 0 Å². The Morgan fingerprint density at radius 1 is 1.00 bits per heavy atom. The van der Waals surface area contributed by atoms with Crippen molar-refractivity contribution in [2.75, 3.05) is 33.2 Å². The summed E-state index contributed by atoms with van der Waals surface area (Å²) in [6.07, 6.45) is 1.86. The molecular formula is C27H33N5O4S. The number of aromatic amines is 1. The molecule has 2 aliphatic heterocycles. The Morgan fingerprint density at radius 3 is 2.54 bits per heavy atom. The monoisotopic (exact) mass is 523 g/mol. The number of rotatable bonds is 6. The number of likely N-dealkylation sites (tertiary alicyclic amines) is 1. The first-order valence-corrected chi connectivity index (χ1v) is 14.1. The van der Waals surface area contributed by atoms with Gasteiger partial charge >= 0.3 is 0 Å². The van der Waals surface area contributed by atoms with Gasteiger partial charge in [0, 0.05) is 36.6 Å². The number of H-pyrrole nitrogens is 1. The second-order valence-electron chi connectivity index (χ2n) is 10.2. The molecule has 10 heteroatoms. The summed E-state index contributed by atoms with van der Waals surface area (Å²) in [5, 5.41) is 6.98. The number of hydrogen-bond donors (Lipinski definition) is 3. The number of likely N-dealkylation sites (N-methyl/N-ethyl adjacent to an activating group) is 1. The number of piperidine rings is 1. The topological polar surface area (TPSA) is 115 Å². The van der Waals surface area contributed by atoms with Crippen molar-refractivity contribution >= 4 is 32.7 Å². The van der Waals surface area contributed by atoms with E-state index in [1.165, 1.54) is 4.31 Å². The Morgan fingerprint density at radius 2 is 1.78 bits per heavy atom. The Bertz CT molecular complexity index is 1400. The van der Waals surface area contributed by atoms with Crippen LogP contribution in [0.25, 0.3) is 10.9 Å². The van der Waals surface area contributed by atoms with Crippen molar-refractivity contribution in [3.05, 3.63) is 65.9 Å². The van der Waals surface area contributed by atoms with Gasteiger partial charge in [-0.2, -0.15) is 4.31 Å². The van der Waals surface area contributed by atoms with Gasteiger partial charge in [0.25, 0.3) is 5.91 Å². The van der Waals surface area contributed by atoms with Crippen LogP contribution >= 0.6 is 0 Å². The van der Waals surface area contributed by atoms with E-state index in [2.05, 4.69) is 20.5 Å². The SMILES string of the molecule is Cc1ccc2[nH]c(C(=O)N[C@H]3CN(S(=O)(=O)c4ccccc4)C[C@@H]3C(=O)N[C@@H]3CCCN(C)C3)cc2c1. The molecule has 0 saturated carbocycles. The average Bonchev–Trinajstić information content (AvgIpc) is 3.49. The van der Waals surface area contributed by atoms with E-state index in [0.717, 1.165) is 42.4 Å². The largest absolute Gasteiger partial charge is 0.352 e. The number of fused-ring (bicyclic) bond motifs is 1. The van der Waals surface area contributed by atoms with Gasteiger partial charge < -0.3 is 20.5 Å². The van der Waals surface area contributed by atoms with E-state index in [4.69, 9.17) is 0 Å². The summed E-state index contributed by atoms with van der Waals surface area (Å²) in [5.74, 6) is -1.31. The zero-order valence-electron chi connectivity index (χ0n) is 21.1. The summed E-state index contributed by atoms with van der Waals surface area (Å²) in [4.78, 5) is 32.1. The Kier molecular flexibility index (Phi) is 7.06. The van der Waals surface area contributed by atoms with Gasteiger partial charge in [-0.3, -0.25) is 9.59 Å². The van der Waals surface area contributed by atoms with E-state index in [1.54, 1.807) is 36.4 Å². The van der Waals surface area contributed by atoms with Gasteiger partial charge in [0.2, 0.25) is 15.9 Å². The maximum atomic E-state index is 13.4. The zero-order valence-corrected chi connectivity index (χ0v) is 21.9. The maximum Gasteiger partial charge on any atom is 0.268 e. The predicted molar refractivity (Wildman–Crippen MR) is 142 cm³/mol. The lowest BCUT2D eigenvalue weighted by Crippen LogP contribution is -2.52. The summed E-state index contributed by atoms with van der Waals surface area (Å²) in [6.45, 7) is 3.74. The molecule has 0 radical (unpaired) electrons. The third-order valence-electron chi connectivity index (χ3n) is 7.31. The van der Waals surface area contributed by atoms with Crippen molar-refractivity contribution in [2.45, 2.75) is 36.7 Å². The predicted octanol–water partition coefficient (Wildman–Crippen LogP) is 2.11. The van der Waals surface area contributed by atoms with Gasteiger partial charge in [-0.1, -0.05) is 29.8 Å². The van der Waals surface area contributed by atoms with Crippen LogP contribution in [0.1, 0.15) is 28.9 Å². The number of aromatic nitrogens is 1. The molecule has 3 N–H and O–H groups in total. The van der Waals surface area contributed by atoms with E-state index in [9.17, 15) is 18.0 Å². The molecule has 3 aromatic rings. The highest BCUT2D eigenvalue weighted by atomic mass is 32.2. The standard InChI is InChI=1S/C27H33N5O4S/c1-18-10-11-23-19(13-18)14-24(29-23)27(34)30-25-17-32(37(35,36)21-8-4-3-5-9-21)16-22(25)26(33)28-20-7-6-12-31(2)15-20/h3-5,8-11,13-14,20,22,25,29H,6-7,12,15-17H2,1-2H3,(H,28,33)(H,30,34)/t20-,22+,25+/m1/s1. The van der Waals surface area contributed by atoms with Crippen molar-refractivity contribution in [2.24, 2.45) is 5.92 Å². The van der Waals surface area contributed by atoms with Crippen LogP contribution < -0.4 is 10.6 Å². The minimum atomic E-state index is -3.82. The van der Waals surface area contributed by atoms with E-state index >= 15 is 0 Å². The molecule has 5 rings (SSSR count). The first-order chi connectivity index (χ1) is 17.7. The molecule has 0 unspecified atom stereocenters. The van der Waals surface area contributed by atoms with E-state index < -0.39 is 22.0 Å². The molecule has 0 aliphatic carbocycles. The second kappa shape index (κ2) is 10.3. The number of nitrogens with one attached hydrogen (secondary N) is 3. The molecule has 3 atom stereocenters. The summed E-state index contributed by atoms with van der Waals surface area (Å²) in [7, 11) is -1.80. The van der Waals surface area contributed by atoms with Gasteiger partial charge in [-0.25, -0.2) is 8.42 Å². The van der Waals surface area contributed by atoms with Crippen molar-refractivity contribution < 1.29 is 18.0 Å². The van der Waals surface area contributed by atoms with Crippen LogP contribution in [0.2, 0.25) is 0 Å². The fraction of sp³-hybridized carbons (Fsp3) is 0.407. The summed E-state index contributed by atoms with van der Waals surface area (Å²) < 4.78 is 28.0. The summed E-state index contributed by atoms with van der Waals surface area (Å²) in [6, 6.07) is 15.2. The van der Waals surface area contributed by atoms with Crippen LogP contribution in [0.15, 0.2) is 59.5 Å². The van der Waals surface area contributed by atoms with Gasteiger partial charge in [0.05, 0.1) is 16.9 Å². The highest BCUT2D eigenvalue weighted by Gasteiger charge is 2.44. The molecule has 9 nitrogen and oxygen atoms in total. The normalized spacial score (nSPS) is 23.2. The number of carbonyl (C=O) groups excluding carboxylic acids is 2. The van der Waals surface area contributed by atoms with Crippen LogP contribution in [0.5, 0.6) is 0 Å². The average molecular weight is 524 g/mol. The number of carbonyl (C=O) groups is 2. The first kappa shape index (κ1) is 25.4. The van der Waals surface area contributed by atoms with E-state index in [0.29, 0.717) is 5.69 Å². The number of aryl methyl sites for hydroxylation is 1. The number of hydrogen-bond acceptors (Lipinski definition) is 5. The Hall–Kier alpha value is -3.21. The molecule has 2 aliphatic rings. The lowest BCUT2D eigenvalue weighted by atomic mass is 10.00. The second-order valence-corrected chi connectivity index (χ2v) is 12.1. The fourth-order valence-electron chi connectivity index (χ4n) is 5.33. The van der Waals surface area contributed by atoms with Crippen molar-refractivity contribution in [1.82, 2.24) is 24.8 Å². The van der Waals surface area contributed by atoms with Crippen LogP contribution in [-0.2, 0) is 14.8 Å². The molecule has 2 aromatic carbocycles. The smallest absolute Gasteiger partial charge is 0.268 e. The third-order valence-corrected chi connectivity index (χ3v) is 9.16. The molecule has 2 amide bonds. The van der Waals surface area contributed by atoms with Gasteiger partial charge in [0.15, 0.2) is 0 Å². The van der Waals surface area contributed by atoms with Crippen molar-refractivity contribution in [3.8, 4) is 0 Å². The lowest BCUT2D eigenvalue weighted by Gasteiger charge is -2.31. The Balaban J connectivity index is 1.38. The highest BCUT2D eigenvalue weighted by molar-refractivity contribution is 7.89. The summed E-state index contributed by atoms with van der Waals surface area (Å²) in [5.41, 5.74) is 2.30. The van der Waals surface area contributed by atoms with E-state index in [1.807, 2.05) is 32.2 Å². The number of sulfonamides is 1. The fourth-order valence-corrected chi connectivity index (χ4v) is 6.84.